The number of nitrogens with one attached hydrogen (secondary N) is 1. The number of carboxylic acids is 1. The van der Waals surface area contributed by atoms with Crippen molar-refractivity contribution >= 4 is 21.9 Å². The summed E-state index contributed by atoms with van der Waals surface area (Å²) in [7, 11) is -3.73. The molecular weight excluding hydrogens is 384 g/mol. The molecule has 0 fully saturated rings. The maximum Gasteiger partial charge on any atom is 0.317 e. The number of nitrogens with zero attached hydrogens (tertiary/aromatic N) is 2. The van der Waals surface area contributed by atoms with Crippen molar-refractivity contribution in [3.8, 4) is 0 Å². The Hall–Kier alpha value is -2.82. The van der Waals surface area contributed by atoms with Crippen molar-refractivity contribution in [3.05, 3.63) is 59.9 Å². The summed E-state index contributed by atoms with van der Waals surface area (Å²) < 4.78 is 22.5. The number of primary sulfonamides is 1. The van der Waals surface area contributed by atoms with Crippen molar-refractivity contribution in [1.82, 2.24) is 15.2 Å². The minimum Gasteiger partial charge on any atom is -0.480 e. The zero-order chi connectivity index (χ0) is 20.6. The maximum atomic E-state index is 12.1. The Balaban J connectivity index is 1.84. The van der Waals surface area contributed by atoms with Crippen LogP contribution in [0.15, 0.2) is 53.6 Å². The maximum absolute atomic E-state index is 12.1. The van der Waals surface area contributed by atoms with Gasteiger partial charge in [-0.1, -0.05) is 18.2 Å². The second-order valence-electron chi connectivity index (χ2n) is 6.15. The second kappa shape index (κ2) is 9.93. The number of nitrogens with two attached hydrogens (primary N) is 1. The summed E-state index contributed by atoms with van der Waals surface area (Å²) in [5, 5.41) is 16.8. The number of hydrogen-bond acceptors (Lipinski definition) is 6. The molecule has 0 spiro atoms. The lowest BCUT2D eigenvalue weighted by Gasteiger charge is -2.19. The molecule has 1 heterocycles. The molecule has 2 aromatic rings. The molecule has 0 aliphatic carbocycles. The van der Waals surface area contributed by atoms with E-state index < -0.39 is 16.0 Å². The molecule has 0 bridgehead atoms. The molecule has 0 saturated carbocycles. The first-order valence-corrected chi connectivity index (χ1v) is 10.0. The van der Waals surface area contributed by atoms with Crippen molar-refractivity contribution < 1.29 is 23.1 Å². The van der Waals surface area contributed by atoms with Gasteiger partial charge in [0, 0.05) is 19.3 Å². The number of benzene rings is 1. The molecule has 4 N–H and O–H groups in total. The molecule has 1 aromatic carbocycles. The molecule has 0 radical (unpaired) electrons. The van der Waals surface area contributed by atoms with Gasteiger partial charge < -0.3 is 10.4 Å². The van der Waals surface area contributed by atoms with Gasteiger partial charge in [0.2, 0.25) is 15.9 Å². The lowest BCUT2D eigenvalue weighted by atomic mass is 10.1. The summed E-state index contributed by atoms with van der Waals surface area (Å²) in [6.07, 6.45) is 2.10. The third kappa shape index (κ3) is 7.43. The Morgan fingerprint density at radius 3 is 2.39 bits per heavy atom. The lowest BCUT2D eigenvalue weighted by molar-refractivity contribution is -0.138. The number of aliphatic carboxylic acids is 1. The minimum atomic E-state index is -3.73. The second-order valence-corrected chi connectivity index (χ2v) is 7.71. The lowest BCUT2D eigenvalue weighted by Crippen LogP contribution is -2.40. The highest BCUT2D eigenvalue weighted by Crippen LogP contribution is 2.09. The summed E-state index contributed by atoms with van der Waals surface area (Å²) in [6, 6.07) is 11.4. The van der Waals surface area contributed by atoms with E-state index in [0.29, 0.717) is 18.7 Å². The van der Waals surface area contributed by atoms with Gasteiger partial charge in [0.05, 0.1) is 23.7 Å². The molecular formula is C18H22N4O5S. The van der Waals surface area contributed by atoms with E-state index >= 15 is 0 Å². The quantitative estimate of drug-likeness (QED) is 0.503. The van der Waals surface area contributed by atoms with Crippen LogP contribution in [0.4, 0.5) is 0 Å². The van der Waals surface area contributed by atoms with E-state index in [-0.39, 0.29) is 30.4 Å². The van der Waals surface area contributed by atoms with Crippen molar-refractivity contribution in [1.29, 1.82) is 0 Å². The van der Waals surface area contributed by atoms with E-state index in [0.717, 1.165) is 5.56 Å². The van der Waals surface area contributed by atoms with Crippen LogP contribution in [0.2, 0.25) is 0 Å². The summed E-state index contributed by atoms with van der Waals surface area (Å²) in [5.74, 6) is -1.34. The Kier molecular flexibility index (Phi) is 7.61. The summed E-state index contributed by atoms with van der Waals surface area (Å²) in [5.41, 5.74) is 1.51. The van der Waals surface area contributed by atoms with Crippen molar-refractivity contribution in [2.24, 2.45) is 5.14 Å². The standard InChI is InChI=1S/C18H22N4O5S/c19-28(26,27)16-6-4-14(5-7-16)8-10-21-17(23)12-22(13-18(24)25)11-15-3-1-2-9-20-15/h1-7,9H,8,10-13H2,(H,21,23)(H,24,25)(H2,19,26,27). The molecule has 0 unspecified atom stereocenters. The molecule has 0 aliphatic rings. The number of carbonyl (C=O) groups excluding carboxylic acids is 1. The van der Waals surface area contributed by atoms with Crippen LogP contribution in [0, 0.1) is 0 Å². The largest absolute Gasteiger partial charge is 0.480 e. The first-order chi connectivity index (χ1) is 13.2. The Morgan fingerprint density at radius 1 is 1.11 bits per heavy atom. The molecule has 0 atom stereocenters. The number of amides is 1. The molecule has 2 rings (SSSR count). The highest BCUT2D eigenvalue weighted by molar-refractivity contribution is 7.89. The fourth-order valence-corrected chi connectivity index (χ4v) is 3.05. The van der Waals surface area contributed by atoms with Gasteiger partial charge in [-0.25, -0.2) is 13.6 Å². The number of sulfonamides is 1. The van der Waals surface area contributed by atoms with E-state index in [1.807, 2.05) is 0 Å². The Morgan fingerprint density at radius 2 is 1.82 bits per heavy atom. The van der Waals surface area contributed by atoms with Crippen LogP contribution >= 0.6 is 0 Å². The molecule has 0 aliphatic heterocycles. The van der Waals surface area contributed by atoms with Crippen LogP contribution < -0.4 is 10.5 Å². The van der Waals surface area contributed by atoms with Gasteiger partial charge in [0.15, 0.2) is 0 Å². The van der Waals surface area contributed by atoms with Crippen LogP contribution in [0.25, 0.3) is 0 Å². The number of aromatic nitrogens is 1. The van der Waals surface area contributed by atoms with Crippen molar-refractivity contribution in [3.63, 3.8) is 0 Å². The van der Waals surface area contributed by atoms with Gasteiger partial charge in [-0.15, -0.1) is 0 Å². The van der Waals surface area contributed by atoms with E-state index in [1.54, 1.807) is 36.5 Å². The zero-order valence-corrected chi connectivity index (χ0v) is 15.9. The number of carboxylic acid groups (broad SMARTS) is 1. The van der Waals surface area contributed by atoms with Crippen LogP contribution in [0.3, 0.4) is 0 Å². The summed E-state index contributed by atoms with van der Waals surface area (Å²) >= 11 is 0. The van der Waals surface area contributed by atoms with E-state index in [2.05, 4.69) is 10.3 Å². The van der Waals surface area contributed by atoms with Crippen LogP contribution in [-0.2, 0) is 32.6 Å². The van der Waals surface area contributed by atoms with Gasteiger partial charge in [-0.05, 0) is 36.2 Å². The highest BCUT2D eigenvalue weighted by atomic mass is 32.2. The molecule has 1 aromatic heterocycles. The topological polar surface area (TPSA) is 143 Å². The molecule has 28 heavy (non-hydrogen) atoms. The van der Waals surface area contributed by atoms with E-state index in [1.165, 1.54) is 17.0 Å². The van der Waals surface area contributed by atoms with E-state index in [4.69, 9.17) is 10.2 Å². The molecule has 9 nitrogen and oxygen atoms in total. The van der Waals surface area contributed by atoms with Crippen LogP contribution in [-0.4, -0.2) is 54.9 Å². The number of hydrogen-bond donors (Lipinski definition) is 3. The minimum absolute atomic E-state index is 0.0270. The summed E-state index contributed by atoms with van der Waals surface area (Å²) in [4.78, 5) is 28.8. The van der Waals surface area contributed by atoms with Crippen molar-refractivity contribution in [2.75, 3.05) is 19.6 Å². The van der Waals surface area contributed by atoms with Crippen LogP contribution in [0.1, 0.15) is 11.3 Å². The number of carbonyl (C=O) groups is 2. The average molecular weight is 406 g/mol. The Labute approximate surface area is 163 Å². The normalized spacial score (nSPS) is 11.4. The van der Waals surface area contributed by atoms with Crippen LogP contribution in [0.5, 0.6) is 0 Å². The fraction of sp³-hybridized carbons (Fsp3) is 0.278. The third-order valence-corrected chi connectivity index (χ3v) is 4.75. The fourth-order valence-electron chi connectivity index (χ4n) is 2.53. The Bertz CT molecular complexity index is 901. The van der Waals surface area contributed by atoms with Gasteiger partial charge in [0.25, 0.3) is 0 Å². The zero-order valence-electron chi connectivity index (χ0n) is 15.1. The molecule has 10 heteroatoms. The predicted molar refractivity (Wildman–Crippen MR) is 102 cm³/mol. The monoisotopic (exact) mass is 406 g/mol. The first-order valence-electron chi connectivity index (χ1n) is 8.46. The molecule has 1 amide bonds. The average Bonchev–Trinajstić information content (AvgIpc) is 2.61. The molecule has 0 saturated heterocycles. The predicted octanol–water partition coefficient (Wildman–Crippen LogP) is -0.0255. The first kappa shape index (κ1) is 21.5. The number of pyridine rings is 1. The van der Waals surface area contributed by atoms with Gasteiger partial charge in [0.1, 0.15) is 0 Å². The smallest absolute Gasteiger partial charge is 0.317 e. The summed E-state index contributed by atoms with van der Waals surface area (Å²) in [6.45, 7) is 0.222. The van der Waals surface area contributed by atoms with Gasteiger partial charge in [-0.3, -0.25) is 19.5 Å². The highest BCUT2D eigenvalue weighted by Gasteiger charge is 2.15. The van der Waals surface area contributed by atoms with Gasteiger partial charge in [-0.2, -0.15) is 0 Å². The third-order valence-electron chi connectivity index (χ3n) is 3.83. The SMILES string of the molecule is NS(=O)(=O)c1ccc(CCNC(=O)CN(CC(=O)O)Cc2ccccn2)cc1. The van der Waals surface area contributed by atoms with E-state index in [9.17, 15) is 18.0 Å². The number of rotatable bonds is 10. The van der Waals surface area contributed by atoms with Gasteiger partial charge >= 0.3 is 5.97 Å². The molecule has 150 valence electrons. The van der Waals surface area contributed by atoms with Crippen molar-refractivity contribution in [2.45, 2.75) is 17.9 Å².